The first kappa shape index (κ1) is 73.7. The Morgan fingerprint density at radius 3 is 1.00 bits per heavy atom. The Morgan fingerprint density at radius 1 is 0.390 bits per heavy atom. The van der Waals surface area contributed by atoms with Crippen LogP contribution in [0.3, 0.4) is 0 Å². The molecule has 0 aromatic carbocycles. The smallest absolute Gasteiger partial charge is 0.462 e. The summed E-state index contributed by atoms with van der Waals surface area (Å²) in [6.07, 6.45) is 84.5. The van der Waals surface area contributed by atoms with Crippen molar-refractivity contribution in [2.24, 2.45) is 5.73 Å². The van der Waals surface area contributed by atoms with Gasteiger partial charge >= 0.3 is 19.8 Å². The number of unbranched alkanes of at least 4 members (excludes halogenated alkanes) is 27. The quantitative estimate of drug-likeness (QED) is 0.0264. The maximum absolute atomic E-state index is 12.7. The number of allylic oxidation sites excluding steroid dienone is 18. The number of carbonyl (C=O) groups is 2. The standard InChI is InChI=1S/C67H116NO8P/c1-3-5-7-9-11-13-15-17-19-21-23-25-26-27-28-29-30-31-32-33-34-35-36-37-38-40-42-44-46-48-50-52-54-56-58-60-67(70)76-65(64-75-77(71,72)74-62-61-68)63-73-66(69)59-57-55-53-51-49-47-45-43-41-39-24-22-20-18-16-14-12-10-8-6-4-2/h5-8,11-14,17-20,23-25,27-28,39,65H,3-4,9-10,15-16,21-22,26,29-38,40-64,68H2,1-2H3,(H,71,72)/b7-5-,8-6-,13-11-,14-12-,19-17-,20-18-,25-23-,28-27-,39-24-. The molecule has 2 atom stereocenters. The first-order valence-electron chi connectivity index (χ1n) is 31.4. The van der Waals surface area contributed by atoms with E-state index in [9.17, 15) is 19.0 Å². The molecule has 0 aromatic heterocycles. The van der Waals surface area contributed by atoms with Crippen molar-refractivity contribution in [2.45, 2.75) is 277 Å². The first-order chi connectivity index (χ1) is 37.8. The highest BCUT2D eigenvalue weighted by Crippen LogP contribution is 2.43. The number of nitrogens with two attached hydrogens (primary N) is 1. The Hall–Kier alpha value is -3.33. The third kappa shape index (κ3) is 61.7. The van der Waals surface area contributed by atoms with E-state index in [2.05, 4.69) is 123 Å². The minimum Gasteiger partial charge on any atom is -0.462 e. The van der Waals surface area contributed by atoms with Gasteiger partial charge in [0.05, 0.1) is 13.2 Å². The van der Waals surface area contributed by atoms with Crippen LogP contribution in [0.5, 0.6) is 0 Å². The van der Waals surface area contributed by atoms with Crippen molar-refractivity contribution in [3.63, 3.8) is 0 Å². The fourth-order valence-electron chi connectivity index (χ4n) is 8.60. The Kier molecular flexibility index (Phi) is 59.2. The highest BCUT2D eigenvalue weighted by molar-refractivity contribution is 7.47. The number of hydrogen-bond donors (Lipinski definition) is 2. The number of esters is 2. The third-order valence-electron chi connectivity index (χ3n) is 13.2. The van der Waals surface area contributed by atoms with Crippen molar-refractivity contribution in [1.29, 1.82) is 0 Å². The lowest BCUT2D eigenvalue weighted by molar-refractivity contribution is -0.161. The number of phosphoric acid groups is 1. The van der Waals surface area contributed by atoms with Crippen LogP contribution in [0.25, 0.3) is 0 Å². The van der Waals surface area contributed by atoms with E-state index in [1.165, 1.54) is 128 Å². The molecule has 3 N–H and O–H groups in total. The van der Waals surface area contributed by atoms with Gasteiger partial charge in [0.1, 0.15) is 6.61 Å². The van der Waals surface area contributed by atoms with E-state index < -0.39 is 26.5 Å². The lowest BCUT2D eigenvalue weighted by Gasteiger charge is -2.19. The summed E-state index contributed by atoms with van der Waals surface area (Å²) in [5, 5.41) is 0. The molecule has 0 saturated carbocycles. The van der Waals surface area contributed by atoms with Gasteiger partial charge in [-0.25, -0.2) is 4.57 Å². The van der Waals surface area contributed by atoms with Gasteiger partial charge in [-0.2, -0.15) is 0 Å². The summed E-state index contributed by atoms with van der Waals surface area (Å²) in [6.45, 7) is 3.52. The van der Waals surface area contributed by atoms with Crippen LogP contribution in [0, 0.1) is 0 Å². The second-order valence-electron chi connectivity index (χ2n) is 20.5. The normalized spacial score (nSPS) is 13.8. The van der Waals surface area contributed by atoms with Gasteiger partial charge in [0, 0.05) is 19.4 Å². The van der Waals surface area contributed by atoms with Crippen molar-refractivity contribution >= 4 is 19.8 Å². The molecular weight excluding hydrogens is 978 g/mol. The van der Waals surface area contributed by atoms with Gasteiger partial charge < -0.3 is 20.1 Å². The number of rotatable bonds is 58. The van der Waals surface area contributed by atoms with E-state index in [0.29, 0.717) is 6.42 Å². The summed E-state index contributed by atoms with van der Waals surface area (Å²) in [5.41, 5.74) is 5.39. The van der Waals surface area contributed by atoms with Gasteiger partial charge in [-0.05, 0) is 96.3 Å². The molecule has 0 aromatic rings. The average molecular weight is 1090 g/mol. The highest BCUT2D eigenvalue weighted by atomic mass is 31.2. The zero-order valence-corrected chi connectivity index (χ0v) is 50.3. The van der Waals surface area contributed by atoms with Crippen LogP contribution in [0.2, 0.25) is 0 Å². The third-order valence-corrected chi connectivity index (χ3v) is 14.1. The molecule has 0 heterocycles. The predicted octanol–water partition coefficient (Wildman–Crippen LogP) is 20.2. The van der Waals surface area contributed by atoms with Crippen LogP contribution < -0.4 is 5.73 Å². The maximum atomic E-state index is 12.7. The van der Waals surface area contributed by atoms with Crippen LogP contribution in [-0.4, -0.2) is 49.3 Å². The van der Waals surface area contributed by atoms with Gasteiger partial charge in [-0.1, -0.05) is 271 Å². The molecule has 0 saturated heterocycles. The molecule has 10 heteroatoms. The van der Waals surface area contributed by atoms with Crippen molar-refractivity contribution in [1.82, 2.24) is 0 Å². The molecule has 77 heavy (non-hydrogen) atoms. The monoisotopic (exact) mass is 1090 g/mol. The van der Waals surface area contributed by atoms with E-state index in [1.807, 2.05) is 0 Å². The second-order valence-corrected chi connectivity index (χ2v) is 22.0. The molecule has 2 unspecified atom stereocenters. The van der Waals surface area contributed by atoms with E-state index >= 15 is 0 Å². The van der Waals surface area contributed by atoms with E-state index in [1.54, 1.807) is 0 Å². The number of carbonyl (C=O) groups excluding carboxylic acids is 2. The lowest BCUT2D eigenvalue weighted by atomic mass is 10.0. The minimum atomic E-state index is -4.40. The summed E-state index contributed by atoms with van der Waals surface area (Å²) in [4.78, 5) is 35.2. The molecule has 0 rings (SSSR count). The molecule has 442 valence electrons. The zero-order valence-electron chi connectivity index (χ0n) is 49.4. The van der Waals surface area contributed by atoms with E-state index in [-0.39, 0.29) is 38.6 Å². The summed E-state index contributed by atoms with van der Waals surface area (Å²) < 4.78 is 33.1. The van der Waals surface area contributed by atoms with Gasteiger partial charge in [-0.3, -0.25) is 18.6 Å². The molecule has 0 aliphatic rings. The highest BCUT2D eigenvalue weighted by Gasteiger charge is 2.26. The predicted molar refractivity (Wildman–Crippen MR) is 330 cm³/mol. The number of hydrogen-bond acceptors (Lipinski definition) is 8. The van der Waals surface area contributed by atoms with Crippen molar-refractivity contribution in [3.05, 3.63) is 109 Å². The first-order valence-corrected chi connectivity index (χ1v) is 32.9. The van der Waals surface area contributed by atoms with Gasteiger partial charge in [0.25, 0.3) is 0 Å². The van der Waals surface area contributed by atoms with E-state index in [0.717, 1.165) is 109 Å². The van der Waals surface area contributed by atoms with E-state index in [4.69, 9.17) is 24.3 Å². The Balaban J connectivity index is 3.90. The van der Waals surface area contributed by atoms with Gasteiger partial charge in [0.2, 0.25) is 0 Å². The molecule has 0 fully saturated rings. The molecule has 0 spiro atoms. The average Bonchev–Trinajstić information content (AvgIpc) is 3.42. The molecule has 0 aliphatic carbocycles. The molecule has 0 aliphatic heterocycles. The van der Waals surface area contributed by atoms with Crippen LogP contribution >= 0.6 is 7.82 Å². The summed E-state index contributed by atoms with van der Waals surface area (Å²) in [5.74, 6) is -0.834. The zero-order chi connectivity index (χ0) is 55.9. The van der Waals surface area contributed by atoms with Crippen molar-refractivity contribution in [3.8, 4) is 0 Å². The summed E-state index contributed by atoms with van der Waals surface area (Å²) >= 11 is 0. The minimum absolute atomic E-state index is 0.0488. The number of phosphoric ester groups is 1. The van der Waals surface area contributed by atoms with Gasteiger partial charge in [0.15, 0.2) is 6.10 Å². The SMILES string of the molecule is CC/C=C\C/C=C\C/C=C\C/C=C\C/C=C\CCCCCCCCCCCCCCCCCCCCCC(=O)OC(COC(=O)CCCCCCCCCC/C=C\C/C=C\C/C=C\C/C=C\CC)COP(=O)(O)OCCN. The largest absolute Gasteiger partial charge is 0.472 e. The van der Waals surface area contributed by atoms with Crippen LogP contribution in [0.1, 0.15) is 271 Å². The summed E-state index contributed by atoms with van der Waals surface area (Å²) in [7, 11) is -4.40. The van der Waals surface area contributed by atoms with Crippen LogP contribution in [0.15, 0.2) is 109 Å². The Bertz CT molecular complexity index is 1630. The van der Waals surface area contributed by atoms with Crippen molar-refractivity contribution < 1.29 is 37.6 Å². The fourth-order valence-corrected chi connectivity index (χ4v) is 9.36. The fraction of sp³-hybridized carbons (Fsp3) is 0.701. The Labute approximate surface area is 473 Å². The van der Waals surface area contributed by atoms with Crippen LogP contribution in [-0.2, 0) is 32.7 Å². The molecule has 0 amide bonds. The molecular formula is C67H116NO8P. The maximum Gasteiger partial charge on any atom is 0.472 e. The topological polar surface area (TPSA) is 134 Å². The number of ether oxygens (including phenoxy) is 2. The lowest BCUT2D eigenvalue weighted by Crippen LogP contribution is -2.29. The Morgan fingerprint density at radius 2 is 0.675 bits per heavy atom. The summed E-state index contributed by atoms with van der Waals surface area (Å²) in [6, 6.07) is 0. The van der Waals surface area contributed by atoms with Crippen LogP contribution in [0.4, 0.5) is 0 Å². The van der Waals surface area contributed by atoms with Gasteiger partial charge in [-0.15, -0.1) is 0 Å². The molecule has 9 nitrogen and oxygen atoms in total. The van der Waals surface area contributed by atoms with Crippen molar-refractivity contribution in [2.75, 3.05) is 26.4 Å². The second kappa shape index (κ2) is 61.9. The molecule has 0 radical (unpaired) electrons. The molecule has 0 bridgehead atoms.